The quantitative estimate of drug-likeness (QED) is 0.668. The first-order valence-corrected chi connectivity index (χ1v) is 11.3. The van der Waals surface area contributed by atoms with Crippen LogP contribution < -0.4 is 10.2 Å². The maximum Gasteiger partial charge on any atom is 0.274 e. The van der Waals surface area contributed by atoms with E-state index in [1.807, 2.05) is 18.2 Å². The Bertz CT molecular complexity index is 1140. The van der Waals surface area contributed by atoms with Gasteiger partial charge in [0.1, 0.15) is 5.69 Å². The second-order valence-electron chi connectivity index (χ2n) is 8.10. The molecule has 9 nitrogen and oxygen atoms in total. The molecule has 2 aliphatic heterocycles. The lowest BCUT2D eigenvalue weighted by Gasteiger charge is -2.32. The molecule has 1 aromatic carbocycles. The predicted molar refractivity (Wildman–Crippen MR) is 121 cm³/mol. The molecule has 4 heterocycles. The number of nitrogens with zero attached hydrogens (tertiary/aromatic N) is 6. The molecule has 0 unspecified atom stereocenters. The Morgan fingerprint density at radius 3 is 2.55 bits per heavy atom. The lowest BCUT2D eigenvalue weighted by Crippen LogP contribution is -2.44. The maximum atomic E-state index is 13.0. The molecule has 3 aromatic rings. The van der Waals surface area contributed by atoms with Crippen molar-refractivity contribution < 1.29 is 9.59 Å². The lowest BCUT2D eigenvalue weighted by molar-refractivity contribution is 0.0648. The van der Waals surface area contributed by atoms with E-state index in [4.69, 9.17) is 4.98 Å². The standard InChI is InChI=1S/C21H25N7O2S/c1-25-8-10-28(11-9-25)21-24-16-12-14(4-5-17(16)31-21)23-19(29)18-15(13-22-26(18)2)20(30)27-6-3-7-27/h4-5,12-13H,3,6-11H2,1-2H3,(H,23,29). The average Bonchev–Trinajstić information content (AvgIpc) is 3.30. The number of hydrogen-bond donors (Lipinski definition) is 1. The number of amides is 2. The number of rotatable bonds is 4. The molecule has 0 atom stereocenters. The van der Waals surface area contributed by atoms with Crippen molar-refractivity contribution in [2.24, 2.45) is 7.05 Å². The number of carbonyl (C=O) groups excluding carboxylic acids is 2. The Kier molecular flexibility index (Phi) is 5.11. The zero-order chi connectivity index (χ0) is 21.5. The van der Waals surface area contributed by atoms with E-state index in [-0.39, 0.29) is 17.5 Å². The summed E-state index contributed by atoms with van der Waals surface area (Å²) in [6.45, 7) is 5.44. The molecule has 2 fully saturated rings. The number of nitrogens with one attached hydrogen (secondary N) is 1. The summed E-state index contributed by atoms with van der Waals surface area (Å²) < 4.78 is 2.54. The van der Waals surface area contributed by atoms with E-state index in [0.29, 0.717) is 11.3 Å². The number of thiazole rings is 1. The molecule has 0 bridgehead atoms. The molecule has 2 amide bonds. The van der Waals surface area contributed by atoms with Crippen LogP contribution in [-0.2, 0) is 7.05 Å². The summed E-state index contributed by atoms with van der Waals surface area (Å²) in [5.74, 6) is -0.492. The van der Waals surface area contributed by atoms with Gasteiger partial charge in [0, 0.05) is 52.0 Å². The fraction of sp³-hybridized carbons (Fsp3) is 0.429. The maximum absolute atomic E-state index is 13.0. The van der Waals surface area contributed by atoms with Crippen molar-refractivity contribution in [3.63, 3.8) is 0 Å². The van der Waals surface area contributed by atoms with Crippen molar-refractivity contribution in [1.82, 2.24) is 24.6 Å². The van der Waals surface area contributed by atoms with Gasteiger partial charge in [-0.15, -0.1) is 0 Å². The van der Waals surface area contributed by atoms with Crippen molar-refractivity contribution >= 4 is 44.2 Å². The van der Waals surface area contributed by atoms with Gasteiger partial charge >= 0.3 is 0 Å². The second-order valence-corrected chi connectivity index (χ2v) is 9.11. The third-order valence-corrected chi connectivity index (χ3v) is 7.03. The Labute approximate surface area is 184 Å². The summed E-state index contributed by atoms with van der Waals surface area (Å²) >= 11 is 1.67. The molecular weight excluding hydrogens is 414 g/mol. The molecule has 0 spiro atoms. The van der Waals surface area contributed by atoms with Crippen LogP contribution in [0.4, 0.5) is 10.8 Å². The van der Waals surface area contributed by atoms with Crippen LogP contribution >= 0.6 is 11.3 Å². The van der Waals surface area contributed by atoms with Gasteiger partial charge < -0.3 is 20.0 Å². The first kappa shape index (κ1) is 20.0. The Morgan fingerprint density at radius 2 is 1.84 bits per heavy atom. The highest BCUT2D eigenvalue weighted by Crippen LogP contribution is 2.31. The highest BCUT2D eigenvalue weighted by Gasteiger charge is 2.28. The van der Waals surface area contributed by atoms with Gasteiger partial charge in [0.05, 0.1) is 22.0 Å². The van der Waals surface area contributed by atoms with Crippen molar-refractivity contribution in [2.45, 2.75) is 6.42 Å². The average molecular weight is 440 g/mol. The van der Waals surface area contributed by atoms with E-state index in [0.717, 1.165) is 61.0 Å². The van der Waals surface area contributed by atoms with E-state index < -0.39 is 0 Å². The van der Waals surface area contributed by atoms with Crippen LogP contribution in [0.3, 0.4) is 0 Å². The topological polar surface area (TPSA) is 86.6 Å². The minimum atomic E-state index is -0.349. The minimum Gasteiger partial charge on any atom is -0.345 e. The van der Waals surface area contributed by atoms with Crippen LogP contribution in [0, 0.1) is 0 Å². The van der Waals surface area contributed by atoms with Crippen LogP contribution in [0.25, 0.3) is 10.2 Å². The number of hydrogen-bond acceptors (Lipinski definition) is 7. The van der Waals surface area contributed by atoms with Gasteiger partial charge in [0.25, 0.3) is 11.8 Å². The predicted octanol–water partition coefficient (Wildman–Crippen LogP) is 1.88. The normalized spacial score (nSPS) is 17.1. The van der Waals surface area contributed by atoms with E-state index >= 15 is 0 Å². The number of anilines is 2. The monoisotopic (exact) mass is 439 g/mol. The zero-order valence-corrected chi connectivity index (χ0v) is 18.5. The number of carbonyl (C=O) groups is 2. The van der Waals surface area contributed by atoms with Crippen LogP contribution in [-0.4, -0.2) is 82.7 Å². The third kappa shape index (κ3) is 3.77. The molecule has 0 saturated carbocycles. The number of aryl methyl sites for hydroxylation is 1. The van der Waals surface area contributed by atoms with Gasteiger partial charge in [-0.25, -0.2) is 4.98 Å². The second kappa shape index (κ2) is 7.93. The molecule has 10 heteroatoms. The zero-order valence-electron chi connectivity index (χ0n) is 17.7. The molecular formula is C21H25N7O2S. The highest BCUT2D eigenvalue weighted by molar-refractivity contribution is 7.22. The summed E-state index contributed by atoms with van der Waals surface area (Å²) in [4.78, 5) is 36.8. The number of benzene rings is 1. The highest BCUT2D eigenvalue weighted by atomic mass is 32.1. The van der Waals surface area contributed by atoms with Crippen molar-refractivity contribution in [3.05, 3.63) is 35.7 Å². The van der Waals surface area contributed by atoms with E-state index in [1.165, 1.54) is 10.9 Å². The van der Waals surface area contributed by atoms with E-state index in [9.17, 15) is 9.59 Å². The Hall–Kier alpha value is -2.98. The third-order valence-electron chi connectivity index (χ3n) is 5.94. The summed E-state index contributed by atoms with van der Waals surface area (Å²) in [5, 5.41) is 8.07. The van der Waals surface area contributed by atoms with Gasteiger partial charge in [0.15, 0.2) is 5.13 Å². The number of likely N-dealkylation sites (N-methyl/N-ethyl adjacent to an activating group) is 1. The Morgan fingerprint density at radius 1 is 1.06 bits per heavy atom. The van der Waals surface area contributed by atoms with E-state index in [2.05, 4.69) is 27.3 Å². The number of fused-ring (bicyclic) bond motifs is 1. The van der Waals surface area contributed by atoms with Gasteiger partial charge in [-0.3, -0.25) is 14.3 Å². The van der Waals surface area contributed by atoms with Gasteiger partial charge in [-0.05, 0) is 31.7 Å². The molecule has 0 aliphatic carbocycles. The molecule has 162 valence electrons. The molecule has 2 saturated heterocycles. The molecule has 2 aromatic heterocycles. The van der Waals surface area contributed by atoms with Crippen molar-refractivity contribution in [2.75, 3.05) is 56.5 Å². The molecule has 2 aliphatic rings. The smallest absolute Gasteiger partial charge is 0.274 e. The number of likely N-dealkylation sites (tertiary alicyclic amines) is 1. The van der Waals surface area contributed by atoms with Crippen molar-refractivity contribution in [3.8, 4) is 0 Å². The van der Waals surface area contributed by atoms with Gasteiger partial charge in [0.2, 0.25) is 0 Å². The molecule has 31 heavy (non-hydrogen) atoms. The minimum absolute atomic E-state index is 0.142. The number of piperazine rings is 1. The van der Waals surface area contributed by atoms with Gasteiger partial charge in [-0.2, -0.15) is 5.10 Å². The van der Waals surface area contributed by atoms with Crippen LogP contribution in [0.2, 0.25) is 0 Å². The fourth-order valence-electron chi connectivity index (χ4n) is 3.87. The van der Waals surface area contributed by atoms with Gasteiger partial charge in [-0.1, -0.05) is 11.3 Å². The van der Waals surface area contributed by atoms with E-state index in [1.54, 1.807) is 23.3 Å². The van der Waals surface area contributed by atoms with Crippen LogP contribution in [0.1, 0.15) is 27.3 Å². The summed E-state index contributed by atoms with van der Waals surface area (Å²) in [6.07, 6.45) is 2.47. The van der Waals surface area contributed by atoms with Crippen molar-refractivity contribution in [1.29, 1.82) is 0 Å². The van der Waals surface area contributed by atoms with Crippen LogP contribution in [0.15, 0.2) is 24.4 Å². The SMILES string of the molecule is CN1CCN(c2nc3cc(NC(=O)c4c(C(=O)N5CCC5)cnn4C)ccc3s2)CC1. The molecule has 1 N–H and O–H groups in total. The largest absolute Gasteiger partial charge is 0.345 e. The summed E-state index contributed by atoms with van der Waals surface area (Å²) in [5.41, 5.74) is 2.12. The first-order chi connectivity index (χ1) is 15.0. The summed E-state index contributed by atoms with van der Waals surface area (Å²) in [6, 6.07) is 5.74. The first-order valence-electron chi connectivity index (χ1n) is 10.5. The number of aromatic nitrogens is 3. The molecule has 5 rings (SSSR count). The summed E-state index contributed by atoms with van der Waals surface area (Å²) in [7, 11) is 3.81. The fourth-order valence-corrected chi connectivity index (χ4v) is 4.87. The lowest BCUT2D eigenvalue weighted by atomic mass is 10.1. The Balaban J connectivity index is 1.35. The van der Waals surface area contributed by atoms with Crippen LogP contribution in [0.5, 0.6) is 0 Å². The molecule has 0 radical (unpaired) electrons.